The Bertz CT molecular complexity index is 431. The largest absolute Gasteiger partial charge is 0.497 e. The molecule has 1 N–H and O–H groups in total. The summed E-state index contributed by atoms with van der Waals surface area (Å²) in [6, 6.07) is 5.35. The summed E-state index contributed by atoms with van der Waals surface area (Å²) in [4.78, 5) is 11.8. The minimum atomic E-state index is 0.0703. The first-order valence-corrected chi connectivity index (χ1v) is 5.68. The molecule has 4 heteroatoms. The SMILES string of the molecule is COc1ccc(NC(=O)[C@@H]2C[C@H]2C)c(OC)c1. The molecule has 0 unspecified atom stereocenters. The molecule has 1 saturated carbocycles. The van der Waals surface area contributed by atoms with Crippen LogP contribution in [-0.2, 0) is 4.79 Å². The van der Waals surface area contributed by atoms with E-state index in [9.17, 15) is 4.79 Å². The van der Waals surface area contributed by atoms with E-state index in [1.807, 2.05) is 0 Å². The highest BCUT2D eigenvalue weighted by Crippen LogP contribution is 2.39. The Labute approximate surface area is 101 Å². The summed E-state index contributed by atoms with van der Waals surface area (Å²) >= 11 is 0. The fourth-order valence-corrected chi connectivity index (χ4v) is 1.81. The van der Waals surface area contributed by atoms with Gasteiger partial charge in [0.15, 0.2) is 0 Å². The van der Waals surface area contributed by atoms with Crippen LogP contribution in [0.15, 0.2) is 18.2 Å². The van der Waals surface area contributed by atoms with E-state index >= 15 is 0 Å². The topological polar surface area (TPSA) is 47.6 Å². The number of rotatable bonds is 4. The normalized spacial score (nSPS) is 21.8. The van der Waals surface area contributed by atoms with Gasteiger partial charge < -0.3 is 14.8 Å². The zero-order valence-corrected chi connectivity index (χ0v) is 10.3. The van der Waals surface area contributed by atoms with E-state index in [0.717, 1.165) is 6.42 Å². The summed E-state index contributed by atoms with van der Waals surface area (Å²) in [6.07, 6.45) is 0.976. The predicted molar refractivity (Wildman–Crippen MR) is 65.4 cm³/mol. The van der Waals surface area contributed by atoms with Crippen molar-refractivity contribution in [3.63, 3.8) is 0 Å². The number of carbonyl (C=O) groups excluding carboxylic acids is 1. The first kappa shape index (κ1) is 11.8. The fraction of sp³-hybridized carbons (Fsp3) is 0.462. The molecule has 17 heavy (non-hydrogen) atoms. The van der Waals surface area contributed by atoms with E-state index < -0.39 is 0 Å². The van der Waals surface area contributed by atoms with Gasteiger partial charge in [0.25, 0.3) is 0 Å². The molecule has 0 aliphatic heterocycles. The second-order valence-electron chi connectivity index (χ2n) is 4.37. The number of hydrogen-bond donors (Lipinski definition) is 1. The molecule has 1 aliphatic rings. The number of ether oxygens (including phenoxy) is 2. The Kier molecular flexibility index (Phi) is 3.22. The number of hydrogen-bond acceptors (Lipinski definition) is 3. The smallest absolute Gasteiger partial charge is 0.227 e. The minimum Gasteiger partial charge on any atom is -0.497 e. The van der Waals surface area contributed by atoms with E-state index in [-0.39, 0.29) is 11.8 Å². The van der Waals surface area contributed by atoms with Crippen molar-refractivity contribution in [2.24, 2.45) is 11.8 Å². The van der Waals surface area contributed by atoms with Crippen LogP contribution in [0.5, 0.6) is 11.5 Å². The third-order valence-electron chi connectivity index (χ3n) is 3.11. The minimum absolute atomic E-state index is 0.0703. The van der Waals surface area contributed by atoms with Gasteiger partial charge in [0.05, 0.1) is 19.9 Å². The van der Waals surface area contributed by atoms with Gasteiger partial charge in [-0.2, -0.15) is 0 Å². The van der Waals surface area contributed by atoms with Crippen LogP contribution in [0.25, 0.3) is 0 Å². The summed E-state index contributed by atoms with van der Waals surface area (Å²) in [5.74, 6) is 2.05. The fourth-order valence-electron chi connectivity index (χ4n) is 1.81. The number of carbonyl (C=O) groups is 1. The summed E-state index contributed by atoms with van der Waals surface area (Å²) < 4.78 is 10.3. The highest BCUT2D eigenvalue weighted by molar-refractivity contribution is 5.95. The average Bonchev–Trinajstić information content (AvgIpc) is 3.07. The van der Waals surface area contributed by atoms with Crippen molar-refractivity contribution in [1.29, 1.82) is 0 Å². The van der Waals surface area contributed by atoms with Gasteiger partial charge in [-0.25, -0.2) is 0 Å². The molecular weight excluding hydrogens is 218 g/mol. The lowest BCUT2D eigenvalue weighted by molar-refractivity contribution is -0.117. The van der Waals surface area contributed by atoms with E-state index in [2.05, 4.69) is 12.2 Å². The number of anilines is 1. The maximum Gasteiger partial charge on any atom is 0.227 e. The summed E-state index contributed by atoms with van der Waals surface area (Å²) in [7, 11) is 3.17. The van der Waals surface area contributed by atoms with Crippen LogP contribution < -0.4 is 14.8 Å². The third-order valence-corrected chi connectivity index (χ3v) is 3.11. The lowest BCUT2D eigenvalue weighted by Crippen LogP contribution is -2.15. The van der Waals surface area contributed by atoms with Gasteiger partial charge in [0.2, 0.25) is 5.91 Å². The van der Waals surface area contributed by atoms with Gasteiger partial charge in [0.1, 0.15) is 11.5 Å². The van der Waals surface area contributed by atoms with Crippen LogP contribution in [0.2, 0.25) is 0 Å². The van der Waals surface area contributed by atoms with Gasteiger partial charge in [-0.3, -0.25) is 4.79 Å². The lowest BCUT2D eigenvalue weighted by Gasteiger charge is -2.11. The molecule has 1 aromatic rings. The lowest BCUT2D eigenvalue weighted by atomic mass is 10.2. The van der Waals surface area contributed by atoms with Crippen LogP contribution in [0.4, 0.5) is 5.69 Å². The number of benzene rings is 1. The number of methoxy groups -OCH3 is 2. The first-order valence-electron chi connectivity index (χ1n) is 5.68. The Morgan fingerprint density at radius 1 is 1.35 bits per heavy atom. The van der Waals surface area contributed by atoms with Gasteiger partial charge >= 0.3 is 0 Å². The molecule has 1 fully saturated rings. The monoisotopic (exact) mass is 235 g/mol. The van der Waals surface area contributed by atoms with Crippen molar-refractivity contribution in [3.05, 3.63) is 18.2 Å². The molecule has 1 aromatic carbocycles. The Balaban J connectivity index is 2.12. The molecule has 0 aromatic heterocycles. The van der Waals surface area contributed by atoms with Crippen molar-refractivity contribution >= 4 is 11.6 Å². The second kappa shape index (κ2) is 4.65. The van der Waals surface area contributed by atoms with E-state index in [0.29, 0.717) is 23.1 Å². The average molecular weight is 235 g/mol. The maximum atomic E-state index is 11.8. The zero-order valence-electron chi connectivity index (χ0n) is 10.3. The predicted octanol–water partition coefficient (Wildman–Crippen LogP) is 2.30. The summed E-state index contributed by atoms with van der Waals surface area (Å²) in [6.45, 7) is 2.08. The second-order valence-corrected chi connectivity index (χ2v) is 4.37. The van der Waals surface area contributed by atoms with Gasteiger partial charge in [0, 0.05) is 12.0 Å². The molecule has 4 nitrogen and oxygen atoms in total. The molecule has 0 heterocycles. The molecular formula is C13H17NO3. The van der Waals surface area contributed by atoms with E-state index in [1.54, 1.807) is 32.4 Å². The molecule has 0 saturated heterocycles. The molecule has 0 bridgehead atoms. The Hall–Kier alpha value is -1.71. The zero-order chi connectivity index (χ0) is 12.4. The molecule has 2 atom stereocenters. The maximum absolute atomic E-state index is 11.8. The standard InChI is InChI=1S/C13H17NO3/c1-8-6-10(8)13(15)14-11-5-4-9(16-2)7-12(11)17-3/h4-5,7-8,10H,6H2,1-3H3,(H,14,15)/t8-,10-/m1/s1. The highest BCUT2D eigenvalue weighted by atomic mass is 16.5. The summed E-state index contributed by atoms with van der Waals surface area (Å²) in [5, 5.41) is 2.89. The van der Waals surface area contributed by atoms with Gasteiger partial charge in [-0.05, 0) is 24.5 Å². The van der Waals surface area contributed by atoms with Crippen LogP contribution >= 0.6 is 0 Å². The molecule has 1 amide bonds. The van der Waals surface area contributed by atoms with Crippen molar-refractivity contribution < 1.29 is 14.3 Å². The van der Waals surface area contributed by atoms with Crippen molar-refractivity contribution in [1.82, 2.24) is 0 Å². The Morgan fingerprint density at radius 3 is 2.59 bits per heavy atom. The van der Waals surface area contributed by atoms with Crippen LogP contribution in [0.3, 0.4) is 0 Å². The van der Waals surface area contributed by atoms with Crippen LogP contribution in [-0.4, -0.2) is 20.1 Å². The van der Waals surface area contributed by atoms with Gasteiger partial charge in [-0.15, -0.1) is 0 Å². The van der Waals surface area contributed by atoms with Crippen LogP contribution in [0.1, 0.15) is 13.3 Å². The van der Waals surface area contributed by atoms with Crippen LogP contribution in [0, 0.1) is 11.8 Å². The number of amides is 1. The molecule has 1 aliphatic carbocycles. The molecule has 2 rings (SSSR count). The summed E-state index contributed by atoms with van der Waals surface area (Å²) in [5.41, 5.74) is 0.692. The third kappa shape index (κ3) is 2.52. The molecule has 0 radical (unpaired) electrons. The van der Waals surface area contributed by atoms with Crippen molar-refractivity contribution in [3.8, 4) is 11.5 Å². The van der Waals surface area contributed by atoms with E-state index in [4.69, 9.17) is 9.47 Å². The number of nitrogens with one attached hydrogen (secondary N) is 1. The highest BCUT2D eigenvalue weighted by Gasteiger charge is 2.39. The van der Waals surface area contributed by atoms with E-state index in [1.165, 1.54) is 0 Å². The molecule has 92 valence electrons. The van der Waals surface area contributed by atoms with Crippen molar-refractivity contribution in [2.45, 2.75) is 13.3 Å². The quantitative estimate of drug-likeness (QED) is 0.871. The molecule has 0 spiro atoms. The van der Waals surface area contributed by atoms with Crippen molar-refractivity contribution in [2.75, 3.05) is 19.5 Å². The van der Waals surface area contributed by atoms with Gasteiger partial charge in [-0.1, -0.05) is 6.92 Å². The Morgan fingerprint density at radius 2 is 2.06 bits per heavy atom. The first-order chi connectivity index (χ1) is 8.15.